The maximum absolute atomic E-state index is 9.56. The Labute approximate surface area is 113 Å². The van der Waals surface area contributed by atoms with Crippen molar-refractivity contribution in [1.82, 2.24) is 0 Å². The molecular formula is C15H17BO3. The van der Waals surface area contributed by atoms with Crippen molar-refractivity contribution in [3.8, 4) is 5.75 Å². The molecule has 2 aromatic rings. The normalized spacial score (nSPS) is 10.4. The van der Waals surface area contributed by atoms with Crippen LogP contribution in [0.15, 0.2) is 49.1 Å². The zero-order chi connectivity index (χ0) is 13.7. The molecule has 0 saturated heterocycles. The highest BCUT2D eigenvalue weighted by atomic mass is 16.5. The highest BCUT2D eigenvalue weighted by Crippen LogP contribution is 2.19. The predicted octanol–water partition coefficient (Wildman–Crippen LogP) is 1.86. The highest BCUT2D eigenvalue weighted by molar-refractivity contribution is 6.63. The van der Waals surface area contributed by atoms with Gasteiger partial charge in [0.05, 0.1) is 6.61 Å². The molecule has 0 radical (unpaired) electrons. The minimum absolute atomic E-state index is 0.428. The Bertz CT molecular complexity index is 566. The van der Waals surface area contributed by atoms with E-state index in [0.29, 0.717) is 17.8 Å². The van der Waals surface area contributed by atoms with E-state index in [2.05, 4.69) is 6.58 Å². The van der Waals surface area contributed by atoms with Crippen molar-refractivity contribution < 1.29 is 14.8 Å². The van der Waals surface area contributed by atoms with E-state index in [1.165, 1.54) is 0 Å². The first kappa shape index (κ1) is 13.7. The minimum Gasteiger partial charge on any atom is -0.494 e. The maximum atomic E-state index is 9.56. The van der Waals surface area contributed by atoms with Crippen LogP contribution in [0.1, 0.15) is 12.8 Å². The molecule has 0 bridgehead atoms. The molecule has 0 spiro atoms. The van der Waals surface area contributed by atoms with Gasteiger partial charge in [0, 0.05) is 5.46 Å². The zero-order valence-electron chi connectivity index (χ0n) is 10.7. The quantitative estimate of drug-likeness (QED) is 0.471. The lowest BCUT2D eigenvalue weighted by atomic mass is 9.76. The van der Waals surface area contributed by atoms with Gasteiger partial charge in [-0.1, -0.05) is 36.4 Å². The third-order valence-corrected chi connectivity index (χ3v) is 3.00. The van der Waals surface area contributed by atoms with Gasteiger partial charge in [0.15, 0.2) is 0 Å². The first-order chi connectivity index (χ1) is 9.24. The van der Waals surface area contributed by atoms with E-state index >= 15 is 0 Å². The smallest absolute Gasteiger partial charge is 0.492 e. The summed E-state index contributed by atoms with van der Waals surface area (Å²) in [5.41, 5.74) is 0.428. The third-order valence-electron chi connectivity index (χ3n) is 3.00. The molecule has 0 fully saturated rings. The SMILES string of the molecule is C=CCCCOc1ccc2ccccc2c1B(O)O. The van der Waals surface area contributed by atoms with Crippen LogP contribution in [0.3, 0.4) is 0 Å². The van der Waals surface area contributed by atoms with Crippen molar-refractivity contribution in [2.45, 2.75) is 12.8 Å². The number of rotatable bonds is 6. The van der Waals surface area contributed by atoms with Crippen LogP contribution in [0.5, 0.6) is 5.75 Å². The predicted molar refractivity (Wildman–Crippen MR) is 78.7 cm³/mol. The van der Waals surface area contributed by atoms with Gasteiger partial charge in [0.1, 0.15) is 5.75 Å². The first-order valence-electron chi connectivity index (χ1n) is 6.35. The van der Waals surface area contributed by atoms with Crippen LogP contribution < -0.4 is 10.2 Å². The molecule has 0 unspecified atom stereocenters. The van der Waals surface area contributed by atoms with Crippen LogP contribution in [-0.4, -0.2) is 23.8 Å². The molecule has 19 heavy (non-hydrogen) atoms. The molecule has 0 amide bonds. The lowest BCUT2D eigenvalue weighted by Crippen LogP contribution is -2.32. The molecule has 0 atom stereocenters. The van der Waals surface area contributed by atoms with E-state index in [-0.39, 0.29) is 0 Å². The molecule has 0 aromatic heterocycles. The zero-order valence-corrected chi connectivity index (χ0v) is 10.7. The van der Waals surface area contributed by atoms with E-state index < -0.39 is 7.12 Å². The molecule has 0 aliphatic carbocycles. The molecule has 0 saturated carbocycles. The summed E-state index contributed by atoms with van der Waals surface area (Å²) in [4.78, 5) is 0. The van der Waals surface area contributed by atoms with Crippen LogP contribution in [0.25, 0.3) is 10.8 Å². The number of hydrogen-bond acceptors (Lipinski definition) is 3. The fourth-order valence-electron chi connectivity index (χ4n) is 2.08. The second-order valence-electron chi connectivity index (χ2n) is 4.35. The monoisotopic (exact) mass is 256 g/mol. The van der Waals surface area contributed by atoms with Crippen LogP contribution in [0.2, 0.25) is 0 Å². The lowest BCUT2D eigenvalue weighted by molar-refractivity contribution is 0.313. The molecule has 2 aromatic carbocycles. The number of fused-ring (bicyclic) bond motifs is 1. The van der Waals surface area contributed by atoms with Gasteiger partial charge in [-0.25, -0.2) is 0 Å². The summed E-state index contributed by atoms with van der Waals surface area (Å²) < 4.78 is 5.64. The fraction of sp³-hybridized carbons (Fsp3) is 0.200. The van der Waals surface area contributed by atoms with E-state index in [1.807, 2.05) is 36.4 Å². The van der Waals surface area contributed by atoms with Gasteiger partial charge in [-0.15, -0.1) is 6.58 Å². The van der Waals surface area contributed by atoms with Crippen molar-refractivity contribution in [3.05, 3.63) is 49.1 Å². The number of benzene rings is 2. The van der Waals surface area contributed by atoms with Gasteiger partial charge >= 0.3 is 7.12 Å². The summed E-state index contributed by atoms with van der Waals surface area (Å²) in [5, 5.41) is 20.9. The van der Waals surface area contributed by atoms with Crippen LogP contribution in [0.4, 0.5) is 0 Å². The van der Waals surface area contributed by atoms with Crippen LogP contribution in [-0.2, 0) is 0 Å². The summed E-state index contributed by atoms with van der Waals surface area (Å²) in [5.74, 6) is 0.526. The van der Waals surface area contributed by atoms with Crippen LogP contribution >= 0.6 is 0 Å². The van der Waals surface area contributed by atoms with Crippen molar-refractivity contribution in [2.24, 2.45) is 0 Å². The molecule has 0 aliphatic heterocycles. The number of allylic oxidation sites excluding steroid dienone is 1. The fourth-order valence-corrected chi connectivity index (χ4v) is 2.08. The Morgan fingerprint density at radius 1 is 1.16 bits per heavy atom. The van der Waals surface area contributed by atoms with Gasteiger partial charge in [0.2, 0.25) is 0 Å². The lowest BCUT2D eigenvalue weighted by Gasteiger charge is -2.13. The van der Waals surface area contributed by atoms with E-state index in [0.717, 1.165) is 23.6 Å². The average molecular weight is 256 g/mol. The standard InChI is InChI=1S/C15H17BO3/c1-2-3-6-11-19-14-10-9-12-7-4-5-8-13(12)15(14)16(17)18/h2,4-5,7-10,17-18H,1,3,6,11H2. The van der Waals surface area contributed by atoms with Crippen molar-refractivity contribution in [3.63, 3.8) is 0 Å². The van der Waals surface area contributed by atoms with Gasteiger partial charge in [0.25, 0.3) is 0 Å². The number of ether oxygens (including phenoxy) is 1. The van der Waals surface area contributed by atoms with E-state index in [1.54, 1.807) is 6.07 Å². The molecule has 2 rings (SSSR count). The van der Waals surface area contributed by atoms with E-state index in [4.69, 9.17) is 4.74 Å². The Morgan fingerprint density at radius 3 is 2.68 bits per heavy atom. The topological polar surface area (TPSA) is 49.7 Å². The number of hydrogen-bond donors (Lipinski definition) is 2. The third kappa shape index (κ3) is 3.16. The summed E-state index contributed by atoms with van der Waals surface area (Å²) in [6.45, 7) is 4.19. The molecule has 0 aliphatic rings. The minimum atomic E-state index is -1.54. The molecule has 4 heteroatoms. The molecule has 0 heterocycles. The highest BCUT2D eigenvalue weighted by Gasteiger charge is 2.20. The molecule has 98 valence electrons. The first-order valence-corrected chi connectivity index (χ1v) is 6.35. The summed E-state index contributed by atoms with van der Waals surface area (Å²) in [7, 11) is -1.54. The van der Waals surface area contributed by atoms with Gasteiger partial charge in [-0.3, -0.25) is 0 Å². The Morgan fingerprint density at radius 2 is 1.95 bits per heavy atom. The van der Waals surface area contributed by atoms with E-state index in [9.17, 15) is 10.0 Å². The van der Waals surface area contributed by atoms with Crippen molar-refractivity contribution in [2.75, 3.05) is 6.61 Å². The van der Waals surface area contributed by atoms with Crippen molar-refractivity contribution in [1.29, 1.82) is 0 Å². The summed E-state index contributed by atoms with van der Waals surface area (Å²) >= 11 is 0. The Balaban J connectivity index is 2.32. The van der Waals surface area contributed by atoms with Gasteiger partial charge in [-0.05, 0) is 29.7 Å². The Kier molecular flexibility index (Phi) is 4.60. The average Bonchev–Trinajstić information content (AvgIpc) is 2.42. The summed E-state index contributed by atoms with van der Waals surface area (Å²) in [6, 6.07) is 11.3. The van der Waals surface area contributed by atoms with Crippen molar-refractivity contribution >= 4 is 23.4 Å². The second-order valence-corrected chi connectivity index (χ2v) is 4.35. The molecular weight excluding hydrogens is 239 g/mol. The number of unbranched alkanes of at least 4 members (excludes halogenated alkanes) is 1. The van der Waals surface area contributed by atoms with Gasteiger partial charge in [-0.2, -0.15) is 0 Å². The van der Waals surface area contributed by atoms with Gasteiger partial charge < -0.3 is 14.8 Å². The largest absolute Gasteiger partial charge is 0.494 e. The maximum Gasteiger partial charge on any atom is 0.492 e. The van der Waals surface area contributed by atoms with Crippen LogP contribution in [0, 0.1) is 0 Å². The Hall–Kier alpha value is -1.78. The molecule has 2 N–H and O–H groups in total. The summed E-state index contributed by atoms with van der Waals surface area (Å²) in [6.07, 6.45) is 3.58. The second kappa shape index (κ2) is 6.41. The molecule has 3 nitrogen and oxygen atoms in total.